The van der Waals surface area contributed by atoms with Crippen LogP contribution in [0.4, 0.5) is 4.79 Å². The number of carboxylic acid groups (broad SMARTS) is 1. The highest BCUT2D eigenvalue weighted by Gasteiger charge is 2.50. The van der Waals surface area contributed by atoms with Crippen molar-refractivity contribution < 1.29 is 14.6 Å². The molecule has 8 unspecified atom stereocenters. The Morgan fingerprint density at radius 3 is 1.61 bits per heavy atom. The summed E-state index contributed by atoms with van der Waals surface area (Å²) in [5.74, 6) is 8.55. The largest absolute Gasteiger partial charge is 0.505 e. The zero-order chi connectivity index (χ0) is 19.5. The van der Waals surface area contributed by atoms with E-state index in [2.05, 4.69) is 11.7 Å². The highest BCUT2D eigenvalue weighted by atomic mass is 16.7. The molecule has 0 aromatic rings. The van der Waals surface area contributed by atoms with E-state index in [1.165, 1.54) is 51.4 Å². The molecule has 0 aromatic heterocycles. The lowest BCUT2D eigenvalue weighted by Gasteiger charge is -2.03. The number of rotatable bonds is 15. The Morgan fingerprint density at radius 1 is 0.714 bits per heavy atom. The van der Waals surface area contributed by atoms with Gasteiger partial charge in [-0.15, -0.1) is 0 Å². The van der Waals surface area contributed by atoms with E-state index in [0.717, 1.165) is 60.2 Å². The van der Waals surface area contributed by atoms with E-state index in [1.807, 2.05) is 0 Å². The summed E-state index contributed by atoms with van der Waals surface area (Å²) in [6.45, 7) is 2.69. The number of ether oxygens (including phenoxy) is 1. The molecule has 160 valence electrons. The van der Waals surface area contributed by atoms with E-state index in [9.17, 15) is 4.79 Å². The van der Waals surface area contributed by atoms with Gasteiger partial charge in [-0.1, -0.05) is 39.0 Å². The first-order valence-electron chi connectivity index (χ1n) is 12.5. The maximum absolute atomic E-state index is 10.3. The number of hydrogen-bond acceptors (Lipinski definition) is 2. The summed E-state index contributed by atoms with van der Waals surface area (Å²) < 4.78 is 4.58. The van der Waals surface area contributed by atoms with Gasteiger partial charge in [-0.3, -0.25) is 0 Å². The molecule has 0 bridgehead atoms. The van der Waals surface area contributed by atoms with Crippen molar-refractivity contribution in [1.82, 2.24) is 0 Å². The van der Waals surface area contributed by atoms with Gasteiger partial charge in [0, 0.05) is 0 Å². The predicted molar refractivity (Wildman–Crippen MR) is 112 cm³/mol. The van der Waals surface area contributed by atoms with Gasteiger partial charge in [0.15, 0.2) is 0 Å². The lowest BCUT2D eigenvalue weighted by Crippen LogP contribution is -2.01. The molecule has 0 aromatic carbocycles. The predicted octanol–water partition coefficient (Wildman–Crippen LogP) is 7.15. The molecule has 0 saturated heterocycles. The van der Waals surface area contributed by atoms with Gasteiger partial charge in [-0.05, 0) is 105 Å². The highest BCUT2D eigenvalue weighted by Crippen LogP contribution is 2.60. The van der Waals surface area contributed by atoms with Gasteiger partial charge in [-0.2, -0.15) is 0 Å². The fraction of sp³-hybridized carbons (Fsp3) is 0.960. The van der Waals surface area contributed by atoms with Crippen LogP contribution in [0.3, 0.4) is 0 Å². The standard InChI is InChI=1S/C25H42O3/c1-2-3-4-7-17-10-19(17)12-21-14-23(21)16-24-15-22(24)13-20-11-18(20)8-5-6-9-28-25(26)27/h17-24H,2-16H2,1H3,(H,26,27). The quantitative estimate of drug-likeness (QED) is 0.239. The minimum Gasteiger partial charge on any atom is -0.450 e. The molecule has 3 heteroatoms. The van der Waals surface area contributed by atoms with Crippen molar-refractivity contribution in [2.75, 3.05) is 6.61 Å². The molecule has 0 heterocycles. The van der Waals surface area contributed by atoms with Crippen LogP contribution in [0, 0.1) is 47.3 Å². The SMILES string of the molecule is CCCCCC1CC1CC1CC1CC1CC1CC1CC1CCCCOC(=O)O. The molecule has 4 rings (SSSR count). The van der Waals surface area contributed by atoms with Gasteiger partial charge in [-0.25, -0.2) is 4.79 Å². The average Bonchev–Trinajstić information content (AvgIpc) is 3.47. The lowest BCUT2D eigenvalue weighted by molar-refractivity contribution is 0.0899. The highest BCUT2D eigenvalue weighted by molar-refractivity contribution is 5.56. The first kappa shape index (κ1) is 20.5. The van der Waals surface area contributed by atoms with Crippen molar-refractivity contribution in [3.05, 3.63) is 0 Å². The van der Waals surface area contributed by atoms with Crippen molar-refractivity contribution in [1.29, 1.82) is 0 Å². The van der Waals surface area contributed by atoms with Gasteiger partial charge in [0.05, 0.1) is 6.61 Å². The van der Waals surface area contributed by atoms with Crippen molar-refractivity contribution in [2.45, 2.75) is 96.8 Å². The molecule has 28 heavy (non-hydrogen) atoms. The molecule has 3 nitrogen and oxygen atoms in total. The van der Waals surface area contributed by atoms with Gasteiger partial charge < -0.3 is 9.84 Å². The van der Waals surface area contributed by atoms with Gasteiger partial charge in [0.1, 0.15) is 0 Å². The Labute approximate surface area is 172 Å². The van der Waals surface area contributed by atoms with Crippen LogP contribution >= 0.6 is 0 Å². The van der Waals surface area contributed by atoms with Crippen LogP contribution in [0.5, 0.6) is 0 Å². The lowest BCUT2D eigenvalue weighted by atomic mass is 10.0. The monoisotopic (exact) mass is 390 g/mol. The van der Waals surface area contributed by atoms with Crippen LogP contribution in [0.15, 0.2) is 0 Å². The topological polar surface area (TPSA) is 46.5 Å². The maximum Gasteiger partial charge on any atom is 0.505 e. The molecule has 0 amide bonds. The molecule has 0 radical (unpaired) electrons. The number of carbonyl (C=O) groups is 1. The summed E-state index contributed by atoms with van der Waals surface area (Å²) in [6, 6.07) is 0. The Bertz CT molecular complexity index is 518. The van der Waals surface area contributed by atoms with Gasteiger partial charge >= 0.3 is 6.16 Å². The molecule has 0 aliphatic heterocycles. The van der Waals surface area contributed by atoms with Crippen LogP contribution in [0.25, 0.3) is 0 Å². The second-order valence-electron chi connectivity index (χ2n) is 10.8. The third kappa shape index (κ3) is 6.39. The van der Waals surface area contributed by atoms with Crippen molar-refractivity contribution in [3.63, 3.8) is 0 Å². The summed E-state index contributed by atoms with van der Waals surface area (Å²) in [6.07, 6.45) is 18.7. The van der Waals surface area contributed by atoms with Crippen LogP contribution < -0.4 is 0 Å². The average molecular weight is 391 g/mol. The van der Waals surface area contributed by atoms with Crippen LogP contribution in [-0.2, 0) is 4.74 Å². The molecular formula is C25H42O3. The zero-order valence-electron chi connectivity index (χ0n) is 18.0. The van der Waals surface area contributed by atoms with Crippen LogP contribution in [0.2, 0.25) is 0 Å². The Hall–Kier alpha value is -0.730. The number of hydrogen-bond donors (Lipinski definition) is 1. The molecule has 4 aliphatic carbocycles. The van der Waals surface area contributed by atoms with Crippen LogP contribution in [-0.4, -0.2) is 17.9 Å². The second-order valence-corrected chi connectivity index (χ2v) is 10.8. The molecule has 4 aliphatic rings. The van der Waals surface area contributed by atoms with Crippen LogP contribution in [0.1, 0.15) is 96.8 Å². The van der Waals surface area contributed by atoms with Crippen molar-refractivity contribution >= 4 is 6.16 Å². The molecule has 8 atom stereocenters. The summed E-state index contributed by atoms with van der Waals surface area (Å²) in [4.78, 5) is 10.3. The van der Waals surface area contributed by atoms with E-state index in [-0.39, 0.29) is 0 Å². The summed E-state index contributed by atoms with van der Waals surface area (Å²) >= 11 is 0. The Balaban J connectivity index is 0.982. The van der Waals surface area contributed by atoms with Gasteiger partial charge in [0.25, 0.3) is 0 Å². The molecule has 0 spiro atoms. The first-order chi connectivity index (χ1) is 13.6. The summed E-state index contributed by atoms with van der Waals surface area (Å²) in [7, 11) is 0. The fourth-order valence-corrected chi connectivity index (χ4v) is 6.17. The molecule has 1 N–H and O–H groups in total. The second kappa shape index (κ2) is 9.39. The minimum atomic E-state index is -1.13. The fourth-order valence-electron chi connectivity index (χ4n) is 6.17. The third-order valence-electron chi connectivity index (χ3n) is 8.47. The van der Waals surface area contributed by atoms with E-state index < -0.39 is 6.16 Å². The van der Waals surface area contributed by atoms with Crippen molar-refractivity contribution in [2.24, 2.45) is 47.3 Å². The Morgan fingerprint density at radius 2 is 1.14 bits per heavy atom. The summed E-state index contributed by atoms with van der Waals surface area (Å²) in [5.41, 5.74) is 0. The van der Waals surface area contributed by atoms with E-state index >= 15 is 0 Å². The number of unbranched alkanes of at least 4 members (excludes halogenated alkanes) is 3. The van der Waals surface area contributed by atoms with E-state index in [0.29, 0.717) is 6.61 Å². The maximum atomic E-state index is 10.3. The van der Waals surface area contributed by atoms with Gasteiger partial charge in [0.2, 0.25) is 0 Å². The molecule has 4 saturated carbocycles. The normalized spacial score (nSPS) is 40.2. The smallest absolute Gasteiger partial charge is 0.450 e. The minimum absolute atomic E-state index is 0.375. The molecule has 4 fully saturated rings. The Kier molecular flexibility index (Phi) is 6.89. The third-order valence-corrected chi connectivity index (χ3v) is 8.47. The zero-order valence-corrected chi connectivity index (χ0v) is 18.0. The first-order valence-corrected chi connectivity index (χ1v) is 12.5. The van der Waals surface area contributed by atoms with Crippen molar-refractivity contribution in [3.8, 4) is 0 Å². The van der Waals surface area contributed by atoms with E-state index in [4.69, 9.17) is 5.11 Å². The van der Waals surface area contributed by atoms with E-state index in [1.54, 1.807) is 25.7 Å². The molecular weight excluding hydrogens is 348 g/mol. The summed E-state index contributed by atoms with van der Waals surface area (Å²) in [5, 5.41) is 8.47.